The first kappa shape index (κ1) is 39.1. The van der Waals surface area contributed by atoms with Crippen LogP contribution in [0.5, 0.6) is 0 Å². The molecule has 3 heteroatoms. The molecule has 0 aliphatic carbocycles. The molecule has 0 bridgehead atoms. The van der Waals surface area contributed by atoms with Gasteiger partial charge in [0.1, 0.15) is 0 Å². The first-order valence-electron chi connectivity index (χ1n) is 17.4. The van der Waals surface area contributed by atoms with Gasteiger partial charge in [-0.05, 0) is 64.2 Å². The number of allylic oxidation sites excluding steroid dienone is 9. The Morgan fingerprint density at radius 1 is 0.561 bits per heavy atom. The molecular weight excluding hydrogens is 502 g/mol. The van der Waals surface area contributed by atoms with Gasteiger partial charge in [0.05, 0.1) is 6.10 Å². The van der Waals surface area contributed by atoms with Crippen molar-refractivity contribution in [3.8, 4) is 0 Å². The standard InChI is InChI=1S/C38H67NO2/c1-3-5-7-9-11-13-15-17-18-19-20-22-24-26-28-30-32-34-38(41)39-36-35-37(40)33-31-29-27-25-23-21-16-14-12-10-8-6-4-2/h11,13,17-18,20,22,26,28,31,33,37,40H,3-10,12,14-16,19,21,23-25,27,29-30,32,34-36H2,1-2H3,(H,39,41). The Hall–Kier alpha value is -1.87. The molecule has 1 atom stereocenters. The van der Waals surface area contributed by atoms with Crippen LogP contribution >= 0.6 is 0 Å². The number of rotatable bonds is 30. The Kier molecular flexibility index (Phi) is 32.8. The largest absolute Gasteiger partial charge is 0.389 e. The van der Waals surface area contributed by atoms with Gasteiger partial charge >= 0.3 is 0 Å². The summed E-state index contributed by atoms with van der Waals surface area (Å²) >= 11 is 0. The maximum atomic E-state index is 12.0. The van der Waals surface area contributed by atoms with E-state index < -0.39 is 6.10 Å². The summed E-state index contributed by atoms with van der Waals surface area (Å²) in [6.07, 6.45) is 48.3. The van der Waals surface area contributed by atoms with Crippen LogP contribution in [0.1, 0.15) is 162 Å². The summed E-state index contributed by atoms with van der Waals surface area (Å²) < 4.78 is 0. The van der Waals surface area contributed by atoms with Gasteiger partial charge in [-0.15, -0.1) is 0 Å². The molecule has 0 fully saturated rings. The molecule has 0 heterocycles. The van der Waals surface area contributed by atoms with E-state index in [2.05, 4.69) is 73.8 Å². The van der Waals surface area contributed by atoms with Crippen LogP contribution in [-0.2, 0) is 4.79 Å². The molecule has 236 valence electrons. The highest BCUT2D eigenvalue weighted by atomic mass is 16.3. The minimum atomic E-state index is -0.466. The second-order valence-electron chi connectivity index (χ2n) is 11.4. The summed E-state index contributed by atoms with van der Waals surface area (Å²) in [7, 11) is 0. The molecule has 0 aromatic carbocycles. The van der Waals surface area contributed by atoms with Gasteiger partial charge in [0.25, 0.3) is 0 Å². The van der Waals surface area contributed by atoms with E-state index in [9.17, 15) is 9.90 Å². The van der Waals surface area contributed by atoms with Crippen molar-refractivity contribution >= 4 is 5.91 Å². The lowest BCUT2D eigenvalue weighted by atomic mass is 10.1. The second-order valence-corrected chi connectivity index (χ2v) is 11.4. The predicted molar refractivity (Wildman–Crippen MR) is 182 cm³/mol. The number of aliphatic hydroxyl groups excluding tert-OH is 1. The molecule has 0 rings (SSSR count). The average molecular weight is 570 g/mol. The van der Waals surface area contributed by atoms with Gasteiger partial charge in [0.2, 0.25) is 5.91 Å². The zero-order valence-corrected chi connectivity index (χ0v) is 27.2. The minimum Gasteiger partial charge on any atom is -0.389 e. The van der Waals surface area contributed by atoms with Crippen molar-refractivity contribution in [2.75, 3.05) is 6.54 Å². The van der Waals surface area contributed by atoms with Crippen LogP contribution in [0.15, 0.2) is 60.8 Å². The third kappa shape index (κ3) is 34.2. The molecule has 0 saturated heterocycles. The van der Waals surface area contributed by atoms with E-state index in [-0.39, 0.29) is 5.91 Å². The van der Waals surface area contributed by atoms with Crippen molar-refractivity contribution in [2.24, 2.45) is 0 Å². The zero-order chi connectivity index (χ0) is 29.9. The number of nitrogens with one attached hydrogen (secondary N) is 1. The first-order chi connectivity index (χ1) is 20.2. The molecule has 0 aromatic heterocycles. The van der Waals surface area contributed by atoms with Gasteiger partial charge in [-0.2, -0.15) is 0 Å². The molecule has 1 unspecified atom stereocenters. The highest BCUT2D eigenvalue weighted by Gasteiger charge is 2.02. The first-order valence-corrected chi connectivity index (χ1v) is 17.4. The van der Waals surface area contributed by atoms with Crippen molar-refractivity contribution < 1.29 is 9.90 Å². The van der Waals surface area contributed by atoms with Crippen molar-refractivity contribution in [2.45, 2.75) is 168 Å². The Labute approximate surface area is 255 Å². The molecule has 0 spiro atoms. The van der Waals surface area contributed by atoms with E-state index in [0.29, 0.717) is 19.4 Å². The summed E-state index contributed by atoms with van der Waals surface area (Å²) in [6, 6.07) is 0. The lowest BCUT2D eigenvalue weighted by Gasteiger charge is -2.07. The SMILES string of the molecule is CCCCCC=CCC=CCC=CCC=CCCCC(=O)NCCC(O)C=CCCCCCCCCCCCCC. The van der Waals surface area contributed by atoms with Crippen LogP contribution in [-0.4, -0.2) is 23.7 Å². The van der Waals surface area contributed by atoms with Crippen LogP contribution in [0.2, 0.25) is 0 Å². The van der Waals surface area contributed by atoms with E-state index in [1.54, 1.807) is 0 Å². The Morgan fingerprint density at radius 3 is 1.54 bits per heavy atom. The molecule has 41 heavy (non-hydrogen) atoms. The van der Waals surface area contributed by atoms with Gasteiger partial charge in [-0.1, -0.05) is 152 Å². The number of hydrogen-bond donors (Lipinski definition) is 2. The van der Waals surface area contributed by atoms with Gasteiger partial charge in [-0.25, -0.2) is 0 Å². The fourth-order valence-electron chi connectivity index (χ4n) is 4.67. The van der Waals surface area contributed by atoms with Crippen LogP contribution in [0.4, 0.5) is 0 Å². The summed E-state index contributed by atoms with van der Waals surface area (Å²) in [6.45, 7) is 5.05. The zero-order valence-electron chi connectivity index (χ0n) is 27.2. The minimum absolute atomic E-state index is 0.0815. The molecule has 0 radical (unpaired) electrons. The fourth-order valence-corrected chi connectivity index (χ4v) is 4.67. The highest BCUT2D eigenvalue weighted by Crippen LogP contribution is 2.12. The lowest BCUT2D eigenvalue weighted by molar-refractivity contribution is -0.121. The van der Waals surface area contributed by atoms with E-state index in [1.165, 1.54) is 96.3 Å². The van der Waals surface area contributed by atoms with Crippen molar-refractivity contribution in [3.05, 3.63) is 60.8 Å². The van der Waals surface area contributed by atoms with Gasteiger partial charge in [0, 0.05) is 13.0 Å². The Balaban J connectivity index is 3.52. The molecular formula is C38H67NO2. The van der Waals surface area contributed by atoms with Gasteiger partial charge < -0.3 is 10.4 Å². The molecule has 2 N–H and O–H groups in total. The van der Waals surface area contributed by atoms with Crippen molar-refractivity contribution in [1.82, 2.24) is 5.32 Å². The summed E-state index contributed by atoms with van der Waals surface area (Å²) in [5, 5.41) is 13.1. The van der Waals surface area contributed by atoms with Crippen LogP contribution in [0.25, 0.3) is 0 Å². The maximum absolute atomic E-state index is 12.0. The van der Waals surface area contributed by atoms with Gasteiger partial charge in [-0.3, -0.25) is 4.79 Å². The highest BCUT2D eigenvalue weighted by molar-refractivity contribution is 5.75. The quantitative estimate of drug-likeness (QED) is 0.0667. The maximum Gasteiger partial charge on any atom is 0.220 e. The number of carbonyl (C=O) groups excluding carboxylic acids is 1. The van der Waals surface area contributed by atoms with Gasteiger partial charge in [0.15, 0.2) is 0 Å². The summed E-state index contributed by atoms with van der Waals surface area (Å²) in [5.41, 5.74) is 0. The van der Waals surface area contributed by atoms with E-state index in [1.807, 2.05) is 6.08 Å². The molecule has 0 aliphatic heterocycles. The molecule has 0 aromatic rings. The molecule has 0 aliphatic rings. The molecule has 1 amide bonds. The average Bonchev–Trinajstić information content (AvgIpc) is 2.97. The lowest BCUT2D eigenvalue weighted by Crippen LogP contribution is -2.26. The topological polar surface area (TPSA) is 49.3 Å². The van der Waals surface area contributed by atoms with Crippen molar-refractivity contribution in [1.29, 1.82) is 0 Å². The Morgan fingerprint density at radius 2 is 0.976 bits per heavy atom. The number of unbranched alkanes of at least 4 members (excludes halogenated alkanes) is 15. The second kappa shape index (κ2) is 34.3. The van der Waals surface area contributed by atoms with E-state index >= 15 is 0 Å². The van der Waals surface area contributed by atoms with Crippen LogP contribution < -0.4 is 5.32 Å². The van der Waals surface area contributed by atoms with Crippen LogP contribution in [0, 0.1) is 0 Å². The smallest absolute Gasteiger partial charge is 0.220 e. The molecule has 3 nitrogen and oxygen atoms in total. The number of hydrogen-bond acceptors (Lipinski definition) is 2. The summed E-state index contributed by atoms with van der Waals surface area (Å²) in [5.74, 6) is 0.0815. The Bertz CT molecular complexity index is 688. The van der Waals surface area contributed by atoms with Crippen molar-refractivity contribution in [3.63, 3.8) is 0 Å². The monoisotopic (exact) mass is 570 g/mol. The predicted octanol–water partition coefficient (Wildman–Crippen LogP) is 11.3. The van der Waals surface area contributed by atoms with E-state index in [4.69, 9.17) is 0 Å². The third-order valence-electron chi connectivity index (χ3n) is 7.33. The van der Waals surface area contributed by atoms with Crippen LogP contribution in [0.3, 0.4) is 0 Å². The number of amides is 1. The number of aliphatic hydroxyl groups is 1. The van der Waals surface area contributed by atoms with E-state index in [0.717, 1.165) is 38.5 Å². The third-order valence-corrected chi connectivity index (χ3v) is 7.33. The molecule has 0 saturated carbocycles. The summed E-state index contributed by atoms with van der Waals surface area (Å²) in [4.78, 5) is 12.0. The normalized spacial score (nSPS) is 13.1. The fraction of sp³-hybridized carbons (Fsp3) is 0.711. The number of carbonyl (C=O) groups is 1.